The zero-order valence-electron chi connectivity index (χ0n) is 12.6. The topological polar surface area (TPSA) is 75.4 Å². The van der Waals surface area contributed by atoms with Crippen molar-refractivity contribution in [2.24, 2.45) is 5.92 Å². The summed E-state index contributed by atoms with van der Waals surface area (Å²) in [7, 11) is -1.67. The van der Waals surface area contributed by atoms with E-state index in [0.717, 1.165) is 19.5 Å². The van der Waals surface area contributed by atoms with Gasteiger partial charge < -0.3 is 10.6 Å². The first-order valence-corrected chi connectivity index (χ1v) is 8.45. The van der Waals surface area contributed by atoms with Gasteiger partial charge in [-0.3, -0.25) is 0 Å². The molecule has 1 aromatic rings. The molecule has 0 radical (unpaired) electrons. The number of likely N-dealkylation sites (tertiary alicyclic amines) is 1. The number of anilines is 1. The van der Waals surface area contributed by atoms with Gasteiger partial charge in [-0.2, -0.15) is 0 Å². The van der Waals surface area contributed by atoms with Crippen molar-refractivity contribution in [3.05, 3.63) is 23.5 Å². The highest BCUT2D eigenvalue weighted by atomic mass is 32.2. The maximum Gasteiger partial charge on any atom is 0.240 e. The van der Waals surface area contributed by atoms with E-state index in [1.165, 1.54) is 19.1 Å². The van der Waals surface area contributed by atoms with Gasteiger partial charge in [0.05, 0.1) is 10.6 Å². The lowest BCUT2D eigenvalue weighted by molar-refractivity contribution is 0.188. The highest BCUT2D eigenvalue weighted by molar-refractivity contribution is 7.89. The van der Waals surface area contributed by atoms with Gasteiger partial charge in [-0.15, -0.1) is 0 Å². The molecule has 118 valence electrons. The fraction of sp³-hybridized carbons (Fsp3) is 0.571. The third kappa shape index (κ3) is 3.53. The van der Waals surface area contributed by atoms with E-state index in [-0.39, 0.29) is 28.1 Å². The second-order valence-corrected chi connectivity index (χ2v) is 7.61. The van der Waals surface area contributed by atoms with E-state index in [4.69, 9.17) is 5.73 Å². The zero-order valence-corrected chi connectivity index (χ0v) is 13.4. The fourth-order valence-corrected chi connectivity index (χ4v) is 4.21. The Bertz CT molecular complexity index is 610. The summed E-state index contributed by atoms with van der Waals surface area (Å²) in [6.07, 6.45) is 0.757. The average Bonchev–Trinajstić information content (AvgIpc) is 2.38. The predicted molar refractivity (Wildman–Crippen MR) is 80.9 cm³/mol. The van der Waals surface area contributed by atoms with Crippen LogP contribution < -0.4 is 10.5 Å². The highest BCUT2D eigenvalue weighted by Gasteiger charge is 2.29. The number of hydrogen-bond donors (Lipinski definition) is 2. The number of nitrogen functional groups attached to an aromatic ring is 1. The predicted octanol–water partition coefficient (Wildman–Crippen LogP) is 1.33. The van der Waals surface area contributed by atoms with Crippen LogP contribution in [0, 0.1) is 18.7 Å². The van der Waals surface area contributed by atoms with Crippen LogP contribution in [0.4, 0.5) is 10.1 Å². The number of nitrogens with two attached hydrogens (primary N) is 1. The van der Waals surface area contributed by atoms with E-state index in [1.807, 2.05) is 14.0 Å². The first kappa shape index (κ1) is 16.2. The maximum atomic E-state index is 13.5. The van der Waals surface area contributed by atoms with Crippen LogP contribution in [0.2, 0.25) is 0 Å². The molecule has 0 spiro atoms. The molecule has 1 aliphatic heterocycles. The van der Waals surface area contributed by atoms with E-state index < -0.39 is 15.8 Å². The van der Waals surface area contributed by atoms with Crippen molar-refractivity contribution in [1.29, 1.82) is 0 Å². The molecule has 3 N–H and O–H groups in total. The molecule has 2 rings (SSSR count). The van der Waals surface area contributed by atoms with E-state index in [9.17, 15) is 12.8 Å². The van der Waals surface area contributed by atoms with Gasteiger partial charge in [-0.25, -0.2) is 17.5 Å². The largest absolute Gasteiger partial charge is 0.396 e. The van der Waals surface area contributed by atoms with E-state index in [2.05, 4.69) is 9.62 Å². The van der Waals surface area contributed by atoms with Crippen LogP contribution in [0.3, 0.4) is 0 Å². The standard InChI is InChI=1S/C14H22FN3O2S/c1-9-6-11(7-12(16)14(9)15)21(19,20)17-13-4-5-18(3)8-10(13)2/h6-7,10,13,17H,4-5,8,16H2,1-3H3. The summed E-state index contributed by atoms with van der Waals surface area (Å²) in [4.78, 5) is 2.19. The number of sulfonamides is 1. The molecule has 1 aromatic carbocycles. The average molecular weight is 315 g/mol. The van der Waals surface area contributed by atoms with Crippen molar-refractivity contribution >= 4 is 15.7 Å². The molecule has 0 saturated carbocycles. The summed E-state index contributed by atoms with van der Waals surface area (Å²) in [6, 6.07) is 2.37. The Kier molecular flexibility index (Phi) is 4.55. The quantitative estimate of drug-likeness (QED) is 0.825. The number of halogens is 1. The van der Waals surface area contributed by atoms with Crippen molar-refractivity contribution in [3.8, 4) is 0 Å². The number of nitrogens with zero attached hydrogens (tertiary/aromatic N) is 1. The van der Waals surface area contributed by atoms with E-state index >= 15 is 0 Å². The number of benzene rings is 1. The molecule has 1 aliphatic rings. The van der Waals surface area contributed by atoms with Crippen molar-refractivity contribution in [3.63, 3.8) is 0 Å². The Morgan fingerprint density at radius 2 is 2.10 bits per heavy atom. The lowest BCUT2D eigenvalue weighted by Gasteiger charge is -2.35. The van der Waals surface area contributed by atoms with Gasteiger partial charge in [0.15, 0.2) is 0 Å². The Hall–Kier alpha value is -1.18. The Labute approximate surface area is 125 Å². The molecular weight excluding hydrogens is 293 g/mol. The summed E-state index contributed by atoms with van der Waals surface area (Å²) >= 11 is 0. The summed E-state index contributed by atoms with van der Waals surface area (Å²) in [5.41, 5.74) is 5.60. The summed E-state index contributed by atoms with van der Waals surface area (Å²) in [5.74, 6) is -0.348. The fourth-order valence-electron chi connectivity index (χ4n) is 2.71. The van der Waals surface area contributed by atoms with Gasteiger partial charge in [0, 0.05) is 12.6 Å². The lowest BCUT2D eigenvalue weighted by Crippen LogP contribution is -2.48. The van der Waals surface area contributed by atoms with E-state index in [1.54, 1.807) is 0 Å². The molecule has 0 bridgehead atoms. The van der Waals surface area contributed by atoms with Gasteiger partial charge in [0.25, 0.3) is 0 Å². The SMILES string of the molecule is Cc1cc(S(=O)(=O)NC2CCN(C)CC2C)cc(N)c1F. The summed E-state index contributed by atoms with van der Waals surface area (Å²) in [5, 5.41) is 0. The van der Waals surface area contributed by atoms with Crippen molar-refractivity contribution in [2.45, 2.75) is 31.2 Å². The number of rotatable bonds is 3. The van der Waals surface area contributed by atoms with Crippen LogP contribution >= 0.6 is 0 Å². The summed E-state index contributed by atoms with van der Waals surface area (Å²) < 4.78 is 41.1. The maximum absolute atomic E-state index is 13.5. The molecule has 1 heterocycles. The Morgan fingerprint density at radius 1 is 1.43 bits per heavy atom. The minimum absolute atomic E-state index is 0.0185. The number of nitrogens with one attached hydrogen (secondary N) is 1. The molecule has 1 fully saturated rings. The molecule has 1 saturated heterocycles. The second-order valence-electron chi connectivity index (χ2n) is 5.90. The molecule has 0 aliphatic carbocycles. The van der Waals surface area contributed by atoms with Crippen LogP contribution in [0.5, 0.6) is 0 Å². The van der Waals surface area contributed by atoms with Crippen LogP contribution in [-0.2, 0) is 10.0 Å². The van der Waals surface area contributed by atoms with Crippen LogP contribution in [0.25, 0.3) is 0 Å². The van der Waals surface area contributed by atoms with Crippen LogP contribution in [-0.4, -0.2) is 39.5 Å². The molecular formula is C14H22FN3O2S. The smallest absolute Gasteiger partial charge is 0.240 e. The first-order chi connectivity index (χ1) is 9.70. The van der Waals surface area contributed by atoms with E-state index in [0.29, 0.717) is 0 Å². The molecule has 5 nitrogen and oxygen atoms in total. The Balaban J connectivity index is 2.23. The number of hydrogen-bond acceptors (Lipinski definition) is 4. The summed E-state index contributed by atoms with van der Waals surface area (Å²) in [6.45, 7) is 5.22. The van der Waals surface area contributed by atoms with Gasteiger partial charge in [0.2, 0.25) is 10.0 Å². The normalized spacial score (nSPS) is 24.2. The van der Waals surface area contributed by atoms with Crippen molar-refractivity contribution < 1.29 is 12.8 Å². The van der Waals surface area contributed by atoms with Gasteiger partial charge in [-0.05, 0) is 50.6 Å². The number of piperidine rings is 1. The van der Waals surface area contributed by atoms with Crippen molar-refractivity contribution in [2.75, 3.05) is 25.9 Å². The Morgan fingerprint density at radius 3 is 2.67 bits per heavy atom. The second kappa shape index (κ2) is 5.90. The molecule has 2 atom stereocenters. The van der Waals surface area contributed by atoms with Crippen LogP contribution in [0.1, 0.15) is 18.9 Å². The molecule has 21 heavy (non-hydrogen) atoms. The molecule has 0 amide bonds. The highest BCUT2D eigenvalue weighted by Crippen LogP contribution is 2.23. The molecule has 7 heteroatoms. The minimum atomic E-state index is -3.69. The van der Waals surface area contributed by atoms with Crippen molar-refractivity contribution in [1.82, 2.24) is 9.62 Å². The third-order valence-electron chi connectivity index (χ3n) is 3.98. The first-order valence-electron chi connectivity index (χ1n) is 6.97. The van der Waals surface area contributed by atoms with Crippen LogP contribution in [0.15, 0.2) is 17.0 Å². The minimum Gasteiger partial charge on any atom is -0.396 e. The molecule has 0 aromatic heterocycles. The monoisotopic (exact) mass is 315 g/mol. The van der Waals surface area contributed by atoms with Gasteiger partial charge in [-0.1, -0.05) is 6.92 Å². The van der Waals surface area contributed by atoms with Gasteiger partial charge in [0.1, 0.15) is 5.82 Å². The van der Waals surface area contributed by atoms with Gasteiger partial charge >= 0.3 is 0 Å². The lowest BCUT2D eigenvalue weighted by atomic mass is 9.95. The molecule has 2 unspecified atom stereocenters. The zero-order chi connectivity index (χ0) is 15.8. The third-order valence-corrected chi connectivity index (χ3v) is 5.45. The number of aryl methyl sites for hydroxylation is 1.